The number of nitrogens with one attached hydrogen (secondary N) is 1. The topological polar surface area (TPSA) is 109 Å². The normalized spacial score (nSPS) is 8.80. The van der Waals surface area contributed by atoms with E-state index in [1.54, 1.807) is 0 Å². The van der Waals surface area contributed by atoms with E-state index in [-0.39, 0.29) is 11.9 Å². The van der Waals surface area contributed by atoms with Crippen LogP contribution in [0.4, 0.5) is 0 Å². The summed E-state index contributed by atoms with van der Waals surface area (Å²) in [6, 6.07) is 0. The lowest BCUT2D eigenvalue weighted by molar-refractivity contribution is -0.459. The van der Waals surface area contributed by atoms with Gasteiger partial charge < -0.3 is 5.73 Å². The summed E-state index contributed by atoms with van der Waals surface area (Å²) in [6.45, 7) is 0.589. The molecule has 0 aromatic carbocycles. The van der Waals surface area contributed by atoms with Crippen molar-refractivity contribution in [2.24, 2.45) is 17.2 Å². The summed E-state index contributed by atoms with van der Waals surface area (Å²) in [5.74, 6) is -0.137. The van der Waals surface area contributed by atoms with E-state index in [1.165, 1.54) is 0 Å². The van der Waals surface area contributed by atoms with Gasteiger partial charge in [0.2, 0.25) is 5.91 Å². The first-order valence-corrected chi connectivity index (χ1v) is 3.03. The van der Waals surface area contributed by atoms with Gasteiger partial charge in [-0.3, -0.25) is 21.3 Å². The molecule has 0 fully saturated rings. The fraction of sp³-hybridized carbons (Fsp3) is 0.600. The number of hydrogen-bond donors (Lipinski definition) is 4. The van der Waals surface area contributed by atoms with E-state index in [2.05, 4.69) is 4.99 Å². The van der Waals surface area contributed by atoms with Crippen molar-refractivity contribution in [3.63, 3.8) is 0 Å². The lowest BCUT2D eigenvalue weighted by Gasteiger charge is -1.90. The summed E-state index contributed by atoms with van der Waals surface area (Å²) in [6.07, 6.45) is 1.02. The minimum atomic E-state index is -0.308. The molecule has 0 unspecified atom stereocenters. The highest BCUT2D eigenvalue weighted by Gasteiger charge is 1.92. The number of amides is 1. The van der Waals surface area contributed by atoms with Crippen LogP contribution in [-0.2, 0) is 4.79 Å². The van der Waals surface area contributed by atoms with Crippen molar-refractivity contribution in [2.75, 3.05) is 6.54 Å². The van der Waals surface area contributed by atoms with Gasteiger partial charge in [0.15, 0.2) is 0 Å². The summed E-state index contributed by atoms with van der Waals surface area (Å²) in [7, 11) is 0. The summed E-state index contributed by atoms with van der Waals surface area (Å²) >= 11 is 0. The molecule has 0 aliphatic carbocycles. The molecule has 0 saturated heterocycles. The molecule has 0 aromatic rings. The van der Waals surface area contributed by atoms with Crippen LogP contribution in [0.2, 0.25) is 0 Å². The highest BCUT2D eigenvalue weighted by Crippen LogP contribution is 1.79. The quantitative estimate of drug-likeness (QED) is 0.188. The predicted octanol–water partition coefficient (Wildman–Crippen LogP) is -3.39. The minimum Gasteiger partial charge on any atom is -0.370 e. The van der Waals surface area contributed by atoms with Gasteiger partial charge in [-0.15, -0.1) is 0 Å². The maximum absolute atomic E-state index is 10.2. The van der Waals surface area contributed by atoms with Gasteiger partial charge in [0, 0.05) is 6.42 Å². The lowest BCUT2D eigenvalue weighted by Crippen LogP contribution is -2.78. The molecule has 1 amide bonds. The molecule has 0 aliphatic heterocycles. The van der Waals surface area contributed by atoms with Crippen LogP contribution in [0.3, 0.4) is 0 Å². The second kappa shape index (κ2) is 4.60. The molecule has 0 spiro atoms. The molecule has 5 heteroatoms. The molecule has 0 aliphatic rings. The fourth-order valence-corrected chi connectivity index (χ4v) is 0.495. The van der Waals surface area contributed by atoms with Crippen molar-refractivity contribution in [3.8, 4) is 0 Å². The van der Waals surface area contributed by atoms with Crippen molar-refractivity contribution in [1.29, 1.82) is 0 Å². The molecule has 0 saturated carbocycles. The Kier molecular flexibility index (Phi) is 4.02. The van der Waals surface area contributed by atoms with Crippen molar-refractivity contribution >= 4 is 11.9 Å². The second-order valence-corrected chi connectivity index (χ2v) is 1.95. The highest BCUT2D eigenvalue weighted by atomic mass is 16.1. The molecule has 10 heavy (non-hydrogen) atoms. The minimum absolute atomic E-state index is 0.171. The zero-order valence-corrected chi connectivity index (χ0v) is 5.76. The lowest BCUT2D eigenvalue weighted by atomic mass is 10.3. The number of hydrogen-bond acceptors (Lipinski definition) is 1. The third-order valence-electron chi connectivity index (χ3n) is 0.929. The van der Waals surface area contributed by atoms with E-state index < -0.39 is 0 Å². The standard InChI is InChI=1S/C5H12N4O/c6-4(10)2-1-3-9-5(7)8/h1-3H2,(H2,6,10)(H4,7,8,9)/p+1. The number of carbonyl (C=O) groups excluding carboxylic acids is 1. The van der Waals surface area contributed by atoms with Gasteiger partial charge in [-0.25, -0.2) is 0 Å². The number of primary amides is 1. The third kappa shape index (κ3) is 6.74. The molecule has 58 valence electrons. The van der Waals surface area contributed by atoms with Gasteiger partial charge in [-0.1, -0.05) is 0 Å². The summed E-state index contributed by atoms with van der Waals surface area (Å²) in [5.41, 5.74) is 15.0. The Morgan fingerprint density at radius 1 is 1.30 bits per heavy atom. The number of rotatable bonds is 4. The van der Waals surface area contributed by atoms with E-state index in [9.17, 15) is 4.79 Å². The summed E-state index contributed by atoms with van der Waals surface area (Å²) in [4.78, 5) is 12.8. The van der Waals surface area contributed by atoms with Crippen LogP contribution in [0.1, 0.15) is 12.8 Å². The maximum atomic E-state index is 10.2. The van der Waals surface area contributed by atoms with Gasteiger partial charge in [0.25, 0.3) is 0 Å². The molecule has 0 radical (unpaired) electrons. The molecule has 0 heterocycles. The van der Waals surface area contributed by atoms with E-state index in [1.807, 2.05) is 0 Å². The monoisotopic (exact) mass is 145 g/mol. The Balaban J connectivity index is 3.21. The third-order valence-corrected chi connectivity index (χ3v) is 0.929. The maximum Gasteiger partial charge on any atom is 0.338 e. The number of nitrogens with two attached hydrogens (primary N) is 3. The first-order chi connectivity index (χ1) is 4.63. The molecule has 5 nitrogen and oxygen atoms in total. The van der Waals surface area contributed by atoms with Crippen LogP contribution in [0, 0.1) is 0 Å². The summed E-state index contributed by atoms with van der Waals surface area (Å²) in [5, 5.41) is 0. The van der Waals surface area contributed by atoms with Crippen LogP contribution in [0.25, 0.3) is 0 Å². The first-order valence-electron chi connectivity index (χ1n) is 3.03. The average molecular weight is 145 g/mol. The van der Waals surface area contributed by atoms with Crippen LogP contribution in [0.15, 0.2) is 0 Å². The summed E-state index contributed by atoms with van der Waals surface area (Å²) < 4.78 is 0. The Bertz CT molecular complexity index is 139. The molecular formula is C5H13N4O+. The van der Waals surface area contributed by atoms with Crippen molar-refractivity contribution < 1.29 is 9.79 Å². The van der Waals surface area contributed by atoms with Crippen LogP contribution in [-0.4, -0.2) is 18.4 Å². The fourth-order valence-electron chi connectivity index (χ4n) is 0.495. The zero-order valence-electron chi connectivity index (χ0n) is 5.76. The molecule has 0 bridgehead atoms. The van der Waals surface area contributed by atoms with Gasteiger partial charge in [0.1, 0.15) is 0 Å². The van der Waals surface area contributed by atoms with Gasteiger partial charge >= 0.3 is 5.96 Å². The van der Waals surface area contributed by atoms with Crippen LogP contribution < -0.4 is 22.2 Å². The number of guanidine groups is 1. The zero-order chi connectivity index (χ0) is 7.98. The van der Waals surface area contributed by atoms with Gasteiger partial charge in [-0.05, 0) is 6.42 Å². The first kappa shape index (κ1) is 8.74. The van der Waals surface area contributed by atoms with Crippen LogP contribution in [0.5, 0.6) is 0 Å². The van der Waals surface area contributed by atoms with E-state index in [0.717, 1.165) is 0 Å². The SMILES string of the molecule is NC(=O)CCC[NH+]=C(N)N. The molecule has 0 rings (SSSR count). The van der Waals surface area contributed by atoms with E-state index >= 15 is 0 Å². The Labute approximate surface area is 59.3 Å². The molecule has 7 N–H and O–H groups in total. The van der Waals surface area contributed by atoms with E-state index in [0.29, 0.717) is 19.4 Å². The number of carbonyl (C=O) groups is 1. The van der Waals surface area contributed by atoms with Crippen molar-refractivity contribution in [1.82, 2.24) is 0 Å². The van der Waals surface area contributed by atoms with Gasteiger partial charge in [-0.2, -0.15) is 0 Å². The molecule has 0 atom stereocenters. The predicted molar refractivity (Wildman–Crippen MR) is 37.6 cm³/mol. The van der Waals surface area contributed by atoms with Crippen LogP contribution >= 0.6 is 0 Å². The smallest absolute Gasteiger partial charge is 0.338 e. The molecule has 0 aromatic heterocycles. The average Bonchev–Trinajstić information content (AvgIpc) is 1.79. The Morgan fingerprint density at radius 2 is 1.90 bits per heavy atom. The van der Waals surface area contributed by atoms with Crippen molar-refractivity contribution in [3.05, 3.63) is 0 Å². The second-order valence-electron chi connectivity index (χ2n) is 1.95. The largest absolute Gasteiger partial charge is 0.370 e. The van der Waals surface area contributed by atoms with Gasteiger partial charge in [0.05, 0.1) is 6.54 Å². The highest BCUT2D eigenvalue weighted by molar-refractivity contribution is 5.73. The van der Waals surface area contributed by atoms with Crippen molar-refractivity contribution in [2.45, 2.75) is 12.8 Å². The Morgan fingerprint density at radius 3 is 2.30 bits per heavy atom. The Hall–Kier alpha value is -1.26. The van der Waals surface area contributed by atoms with E-state index in [4.69, 9.17) is 17.2 Å². The molecular weight excluding hydrogens is 132 g/mol.